The lowest BCUT2D eigenvalue weighted by atomic mass is 10.1. The quantitative estimate of drug-likeness (QED) is 0.593. The Morgan fingerprint density at radius 2 is 1.89 bits per heavy atom. The predicted octanol–water partition coefficient (Wildman–Crippen LogP) is 4.25. The van der Waals surface area contributed by atoms with Crippen LogP contribution in [0.15, 0.2) is 24.3 Å². The largest absolute Gasteiger partial charge is 0.360 e. The molecular weight excluding hydrogens is 240 g/mol. The van der Waals surface area contributed by atoms with Crippen LogP contribution < -0.4 is 10.6 Å². The maximum absolute atomic E-state index is 5.30. The van der Waals surface area contributed by atoms with Gasteiger partial charge in [-0.15, -0.1) is 0 Å². The molecule has 100 valence electrons. The maximum atomic E-state index is 5.30. The van der Waals surface area contributed by atoms with Crippen molar-refractivity contribution in [2.24, 2.45) is 0 Å². The minimum atomic E-state index is 0.432. The first kappa shape index (κ1) is 15.0. The molecule has 0 bridgehead atoms. The summed E-state index contributed by atoms with van der Waals surface area (Å²) in [5, 5.41) is 7.24. The smallest absolute Gasteiger partial charge is 0.170 e. The maximum Gasteiger partial charge on any atom is 0.170 e. The molecule has 0 fully saturated rings. The Kier molecular flexibility index (Phi) is 6.73. The average molecular weight is 264 g/mol. The zero-order valence-electron chi connectivity index (χ0n) is 11.6. The lowest BCUT2D eigenvalue weighted by Gasteiger charge is -2.17. The minimum Gasteiger partial charge on any atom is -0.360 e. The molecule has 0 amide bonds. The van der Waals surface area contributed by atoms with Crippen molar-refractivity contribution in [3.63, 3.8) is 0 Å². The first-order valence-electron chi connectivity index (χ1n) is 6.76. The van der Waals surface area contributed by atoms with Crippen LogP contribution in [-0.2, 0) is 0 Å². The fourth-order valence-corrected chi connectivity index (χ4v) is 2.12. The van der Waals surface area contributed by atoms with Gasteiger partial charge < -0.3 is 10.6 Å². The van der Waals surface area contributed by atoms with E-state index < -0.39 is 0 Å². The van der Waals surface area contributed by atoms with Gasteiger partial charge in [-0.3, -0.25) is 0 Å². The second-order valence-corrected chi connectivity index (χ2v) is 5.27. The summed E-state index contributed by atoms with van der Waals surface area (Å²) in [6.45, 7) is 6.48. The van der Waals surface area contributed by atoms with E-state index in [2.05, 4.69) is 43.5 Å². The van der Waals surface area contributed by atoms with E-state index in [1.165, 1.54) is 31.2 Å². The normalized spacial score (nSPS) is 11.9. The minimum absolute atomic E-state index is 0.432. The van der Waals surface area contributed by atoms with Crippen molar-refractivity contribution in [3.8, 4) is 0 Å². The molecule has 18 heavy (non-hydrogen) atoms. The summed E-state index contributed by atoms with van der Waals surface area (Å²) in [5.74, 6) is 0. The lowest BCUT2D eigenvalue weighted by molar-refractivity contribution is 0.556. The van der Waals surface area contributed by atoms with Crippen LogP contribution in [-0.4, -0.2) is 11.2 Å². The highest BCUT2D eigenvalue weighted by Gasteiger charge is 2.03. The molecule has 0 aliphatic rings. The van der Waals surface area contributed by atoms with Gasteiger partial charge in [-0.05, 0) is 44.6 Å². The number of nitrogens with one attached hydrogen (secondary N) is 2. The second-order valence-electron chi connectivity index (χ2n) is 4.86. The Labute approximate surface area is 116 Å². The molecule has 3 heteroatoms. The van der Waals surface area contributed by atoms with Gasteiger partial charge >= 0.3 is 0 Å². The van der Waals surface area contributed by atoms with Crippen molar-refractivity contribution in [3.05, 3.63) is 29.8 Å². The Bertz CT molecular complexity index is 359. The van der Waals surface area contributed by atoms with Crippen LogP contribution in [0.25, 0.3) is 0 Å². The van der Waals surface area contributed by atoms with Crippen molar-refractivity contribution in [1.29, 1.82) is 0 Å². The molecule has 0 saturated carbocycles. The molecule has 1 unspecified atom stereocenters. The van der Waals surface area contributed by atoms with Gasteiger partial charge in [0, 0.05) is 11.7 Å². The zero-order chi connectivity index (χ0) is 13.4. The molecule has 2 N–H and O–H groups in total. The molecule has 0 saturated heterocycles. The Morgan fingerprint density at radius 1 is 1.22 bits per heavy atom. The summed E-state index contributed by atoms with van der Waals surface area (Å²) in [6.07, 6.45) is 4.99. The molecule has 0 spiro atoms. The molecule has 0 aliphatic heterocycles. The van der Waals surface area contributed by atoms with E-state index in [9.17, 15) is 0 Å². The van der Waals surface area contributed by atoms with Gasteiger partial charge in [-0.2, -0.15) is 0 Å². The number of rotatable bonds is 6. The highest BCUT2D eigenvalue weighted by molar-refractivity contribution is 7.80. The molecular formula is C15H24N2S. The third-order valence-corrected chi connectivity index (χ3v) is 3.15. The number of unbranched alkanes of at least 4 members (excludes halogenated alkanes) is 2. The fraction of sp³-hybridized carbons (Fsp3) is 0.533. The third kappa shape index (κ3) is 6.01. The fourth-order valence-electron chi connectivity index (χ4n) is 1.80. The van der Waals surface area contributed by atoms with Gasteiger partial charge in [0.15, 0.2) is 5.11 Å². The number of anilines is 1. The predicted molar refractivity (Wildman–Crippen MR) is 84.1 cm³/mol. The molecule has 0 radical (unpaired) electrons. The number of aryl methyl sites for hydroxylation is 1. The van der Waals surface area contributed by atoms with Crippen molar-refractivity contribution >= 4 is 23.0 Å². The van der Waals surface area contributed by atoms with Crippen LogP contribution in [0.2, 0.25) is 0 Å². The van der Waals surface area contributed by atoms with Crippen LogP contribution in [0, 0.1) is 6.92 Å². The standard InChI is InChI=1S/C15H24N2S/c1-4-5-6-7-13(3)16-15(18)17-14-10-8-12(2)9-11-14/h8-11,13H,4-7H2,1-3H3,(H2,16,17,18). The number of benzene rings is 1. The molecule has 1 rings (SSSR count). The summed E-state index contributed by atoms with van der Waals surface area (Å²) in [6, 6.07) is 8.68. The molecule has 1 aromatic carbocycles. The molecule has 0 heterocycles. The van der Waals surface area contributed by atoms with Gasteiger partial charge in [-0.25, -0.2) is 0 Å². The van der Waals surface area contributed by atoms with Gasteiger partial charge in [0.25, 0.3) is 0 Å². The third-order valence-electron chi connectivity index (χ3n) is 2.93. The Hall–Kier alpha value is -1.09. The molecule has 1 atom stereocenters. The molecule has 2 nitrogen and oxygen atoms in total. The lowest BCUT2D eigenvalue weighted by Crippen LogP contribution is -2.35. The number of hydrogen-bond acceptors (Lipinski definition) is 1. The van der Waals surface area contributed by atoms with E-state index in [4.69, 9.17) is 12.2 Å². The monoisotopic (exact) mass is 264 g/mol. The van der Waals surface area contributed by atoms with Gasteiger partial charge in [0.05, 0.1) is 0 Å². The van der Waals surface area contributed by atoms with Crippen LogP contribution >= 0.6 is 12.2 Å². The second kappa shape index (κ2) is 8.09. The van der Waals surface area contributed by atoms with E-state index in [1.807, 2.05) is 12.1 Å². The SMILES string of the molecule is CCCCCC(C)NC(=S)Nc1ccc(C)cc1. The number of hydrogen-bond donors (Lipinski definition) is 2. The van der Waals surface area contributed by atoms with Crippen molar-refractivity contribution < 1.29 is 0 Å². The van der Waals surface area contributed by atoms with E-state index in [0.717, 1.165) is 5.69 Å². The highest BCUT2D eigenvalue weighted by atomic mass is 32.1. The van der Waals surface area contributed by atoms with E-state index >= 15 is 0 Å². The summed E-state index contributed by atoms with van der Waals surface area (Å²) in [4.78, 5) is 0. The highest BCUT2D eigenvalue weighted by Crippen LogP contribution is 2.09. The van der Waals surface area contributed by atoms with Gasteiger partial charge in [0.1, 0.15) is 0 Å². The Balaban J connectivity index is 2.30. The van der Waals surface area contributed by atoms with Crippen molar-refractivity contribution in [2.45, 2.75) is 52.5 Å². The molecule has 0 aliphatic carbocycles. The zero-order valence-corrected chi connectivity index (χ0v) is 12.4. The van der Waals surface area contributed by atoms with Crippen LogP contribution in [0.3, 0.4) is 0 Å². The van der Waals surface area contributed by atoms with Gasteiger partial charge in [0.2, 0.25) is 0 Å². The topological polar surface area (TPSA) is 24.1 Å². The summed E-state index contributed by atoms with van der Waals surface area (Å²) >= 11 is 5.30. The Morgan fingerprint density at radius 3 is 2.50 bits per heavy atom. The van der Waals surface area contributed by atoms with E-state index in [0.29, 0.717) is 11.2 Å². The van der Waals surface area contributed by atoms with Crippen LogP contribution in [0.1, 0.15) is 45.1 Å². The average Bonchev–Trinajstić information content (AvgIpc) is 2.32. The first-order chi connectivity index (χ1) is 8.61. The molecule has 1 aromatic rings. The molecule has 0 aromatic heterocycles. The first-order valence-corrected chi connectivity index (χ1v) is 7.17. The van der Waals surface area contributed by atoms with E-state index in [-0.39, 0.29) is 0 Å². The van der Waals surface area contributed by atoms with Crippen LogP contribution in [0.5, 0.6) is 0 Å². The van der Waals surface area contributed by atoms with E-state index in [1.54, 1.807) is 0 Å². The van der Waals surface area contributed by atoms with Crippen molar-refractivity contribution in [2.75, 3.05) is 5.32 Å². The number of thiocarbonyl (C=S) groups is 1. The summed E-state index contributed by atoms with van der Waals surface area (Å²) in [5.41, 5.74) is 2.30. The summed E-state index contributed by atoms with van der Waals surface area (Å²) in [7, 11) is 0. The van der Waals surface area contributed by atoms with Gasteiger partial charge in [-0.1, -0.05) is 43.9 Å². The van der Waals surface area contributed by atoms with Crippen molar-refractivity contribution in [1.82, 2.24) is 5.32 Å². The van der Waals surface area contributed by atoms with Crippen LogP contribution in [0.4, 0.5) is 5.69 Å². The summed E-state index contributed by atoms with van der Waals surface area (Å²) < 4.78 is 0.